The van der Waals surface area contributed by atoms with Crippen LogP contribution in [0.2, 0.25) is 0 Å². The number of hydrogen-bond acceptors (Lipinski definition) is 6. The summed E-state index contributed by atoms with van der Waals surface area (Å²) in [7, 11) is 1.47. The maximum atomic E-state index is 13.1. The lowest BCUT2D eigenvalue weighted by molar-refractivity contribution is -0.124. The van der Waals surface area contributed by atoms with E-state index in [1.165, 1.54) is 49.6 Å². The smallest absolute Gasteiger partial charge is 0.343 e. The van der Waals surface area contributed by atoms with Crippen molar-refractivity contribution in [1.29, 1.82) is 0 Å². The number of amides is 1. The molecule has 0 radical (unpaired) electrons. The molecule has 1 heterocycles. The molecule has 1 saturated carbocycles. The van der Waals surface area contributed by atoms with Gasteiger partial charge in [0.2, 0.25) is 0 Å². The zero-order valence-electron chi connectivity index (χ0n) is 17.5. The van der Waals surface area contributed by atoms with Gasteiger partial charge in [-0.1, -0.05) is 49.3 Å². The van der Waals surface area contributed by atoms with Gasteiger partial charge in [0.25, 0.3) is 5.91 Å². The fourth-order valence-corrected chi connectivity index (χ4v) is 5.29. The molecule has 8 heteroatoms. The second-order valence-corrected chi connectivity index (χ2v) is 9.33. The van der Waals surface area contributed by atoms with E-state index in [0.717, 1.165) is 31.2 Å². The lowest BCUT2D eigenvalue weighted by Gasteiger charge is -2.29. The largest absolute Gasteiger partial charge is 0.493 e. The number of hydrogen-bond donors (Lipinski definition) is 0. The summed E-state index contributed by atoms with van der Waals surface area (Å²) in [6, 6.07) is 10.3. The van der Waals surface area contributed by atoms with Crippen LogP contribution in [0.3, 0.4) is 0 Å². The summed E-state index contributed by atoms with van der Waals surface area (Å²) in [5, 5.41) is 0. The van der Waals surface area contributed by atoms with Crippen LogP contribution in [0.4, 0.5) is 4.39 Å². The highest BCUT2D eigenvalue weighted by Gasteiger charge is 2.37. The number of carbonyl (C=O) groups excluding carboxylic acids is 2. The number of halogens is 1. The fraction of sp³-hybridized carbons (Fsp3) is 0.292. The van der Waals surface area contributed by atoms with E-state index < -0.39 is 11.8 Å². The second kappa shape index (κ2) is 9.83. The Morgan fingerprint density at radius 3 is 2.53 bits per heavy atom. The summed E-state index contributed by atoms with van der Waals surface area (Å²) in [5.74, 6) is -0.537. The molecule has 1 aliphatic carbocycles. The Balaban J connectivity index is 1.51. The van der Waals surface area contributed by atoms with Gasteiger partial charge in [0.15, 0.2) is 11.5 Å². The maximum Gasteiger partial charge on any atom is 0.343 e. The summed E-state index contributed by atoms with van der Waals surface area (Å²) < 4.78 is 24.5. The summed E-state index contributed by atoms with van der Waals surface area (Å²) in [4.78, 5) is 27.7. The topological polar surface area (TPSA) is 55.8 Å². The molecule has 1 aliphatic heterocycles. The number of thioether (sulfide) groups is 1. The number of nitrogens with zero attached hydrogens (tertiary/aromatic N) is 1. The van der Waals surface area contributed by atoms with E-state index in [2.05, 4.69) is 0 Å². The molecule has 4 rings (SSSR count). The molecular weight excluding hydrogens is 449 g/mol. The molecule has 32 heavy (non-hydrogen) atoms. The minimum atomic E-state index is -0.621. The Labute approximate surface area is 195 Å². The normalized spacial score (nSPS) is 18.3. The molecule has 2 aliphatic rings. The van der Waals surface area contributed by atoms with E-state index >= 15 is 0 Å². The van der Waals surface area contributed by atoms with Crippen LogP contribution in [0.5, 0.6) is 11.5 Å². The third-order valence-electron chi connectivity index (χ3n) is 5.53. The molecule has 0 aromatic heterocycles. The van der Waals surface area contributed by atoms with Crippen molar-refractivity contribution in [1.82, 2.24) is 4.90 Å². The van der Waals surface area contributed by atoms with Gasteiger partial charge in [-0.05, 0) is 60.9 Å². The third-order valence-corrected chi connectivity index (χ3v) is 6.86. The molecule has 2 fully saturated rings. The lowest BCUT2D eigenvalue weighted by atomic mass is 9.94. The van der Waals surface area contributed by atoms with Crippen LogP contribution in [0, 0.1) is 5.82 Å². The van der Waals surface area contributed by atoms with Gasteiger partial charge in [-0.3, -0.25) is 9.69 Å². The molecule has 166 valence electrons. The van der Waals surface area contributed by atoms with Crippen LogP contribution in [0.15, 0.2) is 47.4 Å². The van der Waals surface area contributed by atoms with Crippen molar-refractivity contribution < 1.29 is 23.5 Å². The first-order valence-corrected chi connectivity index (χ1v) is 11.6. The van der Waals surface area contributed by atoms with Crippen LogP contribution in [0.25, 0.3) is 6.08 Å². The van der Waals surface area contributed by atoms with Gasteiger partial charge in [0.1, 0.15) is 10.1 Å². The highest BCUT2D eigenvalue weighted by molar-refractivity contribution is 8.26. The maximum absolute atomic E-state index is 13.1. The number of benzene rings is 2. The van der Waals surface area contributed by atoms with Crippen molar-refractivity contribution in [3.63, 3.8) is 0 Å². The molecule has 0 bridgehead atoms. The summed E-state index contributed by atoms with van der Waals surface area (Å²) in [6.07, 6.45) is 7.20. The highest BCUT2D eigenvalue weighted by atomic mass is 32.2. The van der Waals surface area contributed by atoms with Crippen molar-refractivity contribution >= 4 is 46.3 Å². The van der Waals surface area contributed by atoms with E-state index in [1.54, 1.807) is 29.2 Å². The SMILES string of the molecule is COc1cc(/C=C2/SC(=S)N(C3CCCCC3)C2=O)ccc1OC(=O)c1ccc(F)cc1. The average Bonchev–Trinajstić information content (AvgIpc) is 3.08. The number of ether oxygens (including phenoxy) is 2. The summed E-state index contributed by atoms with van der Waals surface area (Å²) in [5.41, 5.74) is 0.955. The number of esters is 1. The Morgan fingerprint density at radius 1 is 1.12 bits per heavy atom. The molecular formula is C24H22FNO4S2. The van der Waals surface area contributed by atoms with Crippen molar-refractivity contribution in [2.75, 3.05) is 7.11 Å². The van der Waals surface area contributed by atoms with Crippen LogP contribution in [-0.2, 0) is 4.79 Å². The molecule has 1 saturated heterocycles. The number of rotatable bonds is 5. The third kappa shape index (κ3) is 4.86. The average molecular weight is 472 g/mol. The van der Waals surface area contributed by atoms with E-state index in [1.807, 2.05) is 0 Å². The molecule has 2 aromatic rings. The van der Waals surface area contributed by atoms with Crippen molar-refractivity contribution in [2.45, 2.75) is 38.1 Å². The van der Waals surface area contributed by atoms with Crippen LogP contribution >= 0.6 is 24.0 Å². The van der Waals surface area contributed by atoms with Crippen LogP contribution in [-0.4, -0.2) is 34.2 Å². The monoisotopic (exact) mass is 471 g/mol. The van der Waals surface area contributed by atoms with Crippen LogP contribution in [0.1, 0.15) is 48.0 Å². The van der Waals surface area contributed by atoms with E-state index in [4.69, 9.17) is 21.7 Å². The zero-order chi connectivity index (χ0) is 22.7. The Bertz CT molecular complexity index is 1080. The highest BCUT2D eigenvalue weighted by Crippen LogP contribution is 2.38. The summed E-state index contributed by atoms with van der Waals surface area (Å²) >= 11 is 6.79. The molecule has 2 aromatic carbocycles. The van der Waals surface area contributed by atoms with Gasteiger partial charge in [0, 0.05) is 6.04 Å². The standard InChI is InChI=1S/C24H22FNO4S2/c1-29-20-13-15(7-12-19(20)30-23(28)16-8-10-17(25)11-9-16)14-21-22(27)26(24(31)32-21)18-5-3-2-4-6-18/h7-14,18H,2-6H2,1H3/b21-14+. The van der Waals surface area contributed by atoms with Gasteiger partial charge >= 0.3 is 5.97 Å². The first-order chi connectivity index (χ1) is 15.5. The molecule has 0 atom stereocenters. The molecule has 0 unspecified atom stereocenters. The minimum absolute atomic E-state index is 0.0577. The molecule has 0 spiro atoms. The van der Waals surface area contributed by atoms with Crippen molar-refractivity contribution in [3.05, 3.63) is 64.3 Å². The van der Waals surface area contributed by atoms with Crippen LogP contribution < -0.4 is 9.47 Å². The minimum Gasteiger partial charge on any atom is -0.493 e. The van der Waals surface area contributed by atoms with Gasteiger partial charge in [-0.15, -0.1) is 0 Å². The van der Waals surface area contributed by atoms with Gasteiger partial charge in [0.05, 0.1) is 17.6 Å². The van der Waals surface area contributed by atoms with E-state index in [9.17, 15) is 14.0 Å². The number of thiocarbonyl (C=S) groups is 1. The molecule has 1 amide bonds. The first-order valence-electron chi connectivity index (χ1n) is 10.4. The number of carbonyl (C=O) groups is 2. The van der Waals surface area contributed by atoms with Gasteiger partial charge in [-0.25, -0.2) is 9.18 Å². The van der Waals surface area contributed by atoms with E-state index in [-0.39, 0.29) is 23.3 Å². The first kappa shape index (κ1) is 22.5. The predicted octanol–water partition coefficient (Wildman–Crippen LogP) is 5.59. The lowest BCUT2D eigenvalue weighted by Crippen LogP contribution is -2.39. The van der Waals surface area contributed by atoms with Crippen molar-refractivity contribution in [2.24, 2.45) is 0 Å². The quantitative estimate of drug-likeness (QED) is 0.245. The predicted molar refractivity (Wildman–Crippen MR) is 126 cm³/mol. The van der Waals surface area contributed by atoms with Gasteiger partial charge < -0.3 is 9.47 Å². The van der Waals surface area contributed by atoms with Gasteiger partial charge in [-0.2, -0.15) is 0 Å². The molecule has 0 N–H and O–H groups in total. The second-order valence-electron chi connectivity index (χ2n) is 7.65. The fourth-order valence-electron chi connectivity index (χ4n) is 3.89. The summed E-state index contributed by atoms with van der Waals surface area (Å²) in [6.45, 7) is 0. The Kier molecular flexibility index (Phi) is 6.91. The zero-order valence-corrected chi connectivity index (χ0v) is 19.1. The Morgan fingerprint density at radius 2 is 1.84 bits per heavy atom. The Hall–Kier alpha value is -2.71. The number of methoxy groups -OCH3 is 1. The van der Waals surface area contributed by atoms with Crippen molar-refractivity contribution in [3.8, 4) is 11.5 Å². The molecule has 5 nitrogen and oxygen atoms in total. The van der Waals surface area contributed by atoms with E-state index in [0.29, 0.717) is 15.0 Å².